The van der Waals surface area contributed by atoms with Crippen molar-refractivity contribution in [2.45, 2.75) is 96.3 Å². The van der Waals surface area contributed by atoms with Gasteiger partial charge in [0.2, 0.25) is 0 Å². The van der Waals surface area contributed by atoms with Crippen LogP contribution in [0.2, 0.25) is 0 Å². The lowest BCUT2D eigenvalue weighted by Crippen LogP contribution is -2.34. The van der Waals surface area contributed by atoms with Gasteiger partial charge in [-0.2, -0.15) is 0 Å². The minimum Gasteiger partial charge on any atom is -0.396 e. The summed E-state index contributed by atoms with van der Waals surface area (Å²) in [7, 11) is 0. The summed E-state index contributed by atoms with van der Waals surface area (Å²) < 4.78 is 3.51. The lowest BCUT2D eigenvalue weighted by molar-refractivity contribution is 0.203. The minimum absolute atomic E-state index is 0.200. The zero-order valence-electron chi connectivity index (χ0n) is 27.3. The van der Waals surface area contributed by atoms with Crippen molar-refractivity contribution in [1.82, 2.24) is 9.62 Å². The lowest BCUT2D eigenvalue weighted by Gasteiger charge is -2.32. The SMILES string of the molecule is C#CC.C=C.C\C=C/C(=C\C)C(/CCCO)=C(C(/C=C\CNSC1CC1)=C/C)\c1ccc(C2CCN(C3CC3)CC2)cc1. The van der Waals surface area contributed by atoms with Gasteiger partial charge in [0.05, 0.1) is 0 Å². The molecule has 2 aliphatic carbocycles. The molecule has 4 heteroatoms. The molecule has 0 radical (unpaired) electrons. The highest BCUT2D eigenvalue weighted by Gasteiger charge is 2.32. The Morgan fingerprint density at radius 3 is 2.14 bits per heavy atom. The maximum absolute atomic E-state index is 9.73. The van der Waals surface area contributed by atoms with Gasteiger partial charge in [-0.3, -0.25) is 4.72 Å². The molecule has 0 spiro atoms. The number of piperidine rings is 1. The summed E-state index contributed by atoms with van der Waals surface area (Å²) in [6.45, 7) is 17.6. The summed E-state index contributed by atoms with van der Waals surface area (Å²) in [5.41, 5.74) is 7.82. The van der Waals surface area contributed by atoms with E-state index in [-0.39, 0.29) is 6.61 Å². The number of aliphatic hydroxyl groups excluding tert-OH is 1. The summed E-state index contributed by atoms with van der Waals surface area (Å²) in [6, 6.07) is 10.3. The van der Waals surface area contributed by atoms with E-state index in [1.807, 2.05) is 11.9 Å². The molecule has 1 heterocycles. The summed E-state index contributed by atoms with van der Waals surface area (Å²) in [5.74, 6) is 2.92. The number of allylic oxidation sites excluding steroid dienone is 9. The van der Waals surface area contributed by atoms with Gasteiger partial charge in [0.1, 0.15) is 0 Å². The molecule has 3 aliphatic rings. The third-order valence-corrected chi connectivity index (χ3v) is 9.17. The second-order valence-corrected chi connectivity index (χ2v) is 12.4. The molecule has 1 aromatic rings. The molecule has 0 bridgehead atoms. The van der Waals surface area contributed by atoms with E-state index >= 15 is 0 Å². The number of likely N-dealkylation sites (tertiary alicyclic amines) is 1. The topological polar surface area (TPSA) is 35.5 Å². The van der Waals surface area contributed by atoms with E-state index in [4.69, 9.17) is 0 Å². The smallest absolute Gasteiger partial charge is 0.0434 e. The first kappa shape index (κ1) is 36.6. The number of hydrogen-bond donors (Lipinski definition) is 2. The Morgan fingerprint density at radius 2 is 1.63 bits per heavy atom. The van der Waals surface area contributed by atoms with Crippen molar-refractivity contribution in [3.8, 4) is 12.3 Å². The van der Waals surface area contributed by atoms with Gasteiger partial charge in [0, 0.05) is 24.4 Å². The van der Waals surface area contributed by atoms with Crippen LogP contribution in [-0.2, 0) is 0 Å². The maximum atomic E-state index is 9.73. The van der Waals surface area contributed by atoms with Crippen LogP contribution in [0.5, 0.6) is 0 Å². The fourth-order valence-electron chi connectivity index (χ4n) is 5.60. The summed E-state index contributed by atoms with van der Waals surface area (Å²) in [4.78, 5) is 2.71. The number of nitrogens with one attached hydrogen (secondary N) is 1. The van der Waals surface area contributed by atoms with Crippen LogP contribution in [0.1, 0.15) is 96.1 Å². The van der Waals surface area contributed by atoms with Gasteiger partial charge in [-0.25, -0.2) is 0 Å². The predicted molar refractivity (Wildman–Crippen MR) is 192 cm³/mol. The first-order valence-electron chi connectivity index (χ1n) is 16.2. The van der Waals surface area contributed by atoms with E-state index < -0.39 is 0 Å². The maximum Gasteiger partial charge on any atom is 0.0434 e. The molecule has 234 valence electrons. The van der Waals surface area contributed by atoms with E-state index in [1.165, 1.54) is 85.0 Å². The van der Waals surface area contributed by atoms with Crippen LogP contribution in [0.3, 0.4) is 0 Å². The molecule has 43 heavy (non-hydrogen) atoms. The van der Waals surface area contributed by atoms with Gasteiger partial charge < -0.3 is 10.0 Å². The monoisotopic (exact) mass is 600 g/mol. The van der Waals surface area contributed by atoms with Crippen LogP contribution in [0.4, 0.5) is 0 Å². The molecule has 2 saturated carbocycles. The Kier molecular flexibility index (Phi) is 18.1. The lowest BCUT2D eigenvalue weighted by atomic mass is 9.84. The average Bonchev–Trinajstić information content (AvgIpc) is 3.98. The Morgan fingerprint density at radius 1 is 1.00 bits per heavy atom. The van der Waals surface area contributed by atoms with Gasteiger partial charge in [-0.05, 0) is 131 Å². The predicted octanol–water partition coefficient (Wildman–Crippen LogP) is 9.42. The first-order valence-corrected chi connectivity index (χ1v) is 17.0. The van der Waals surface area contributed by atoms with Gasteiger partial charge in [-0.15, -0.1) is 25.5 Å². The van der Waals surface area contributed by atoms with Crippen LogP contribution in [-0.4, -0.2) is 47.5 Å². The largest absolute Gasteiger partial charge is 0.396 e. The Hall–Kier alpha value is -2.55. The first-order chi connectivity index (χ1) is 21.1. The van der Waals surface area contributed by atoms with Crippen molar-refractivity contribution < 1.29 is 5.11 Å². The number of hydrogen-bond acceptors (Lipinski definition) is 4. The number of rotatable bonds is 14. The molecular weight excluding hydrogens is 545 g/mol. The van der Waals surface area contributed by atoms with E-state index in [0.29, 0.717) is 5.92 Å². The molecular formula is C39H56N2OS. The van der Waals surface area contributed by atoms with Crippen LogP contribution >= 0.6 is 11.9 Å². The third kappa shape index (κ3) is 12.5. The van der Waals surface area contributed by atoms with Gasteiger partial charge in [0.15, 0.2) is 0 Å². The Bertz CT molecular complexity index is 1130. The van der Waals surface area contributed by atoms with Gasteiger partial charge >= 0.3 is 0 Å². The summed E-state index contributed by atoms with van der Waals surface area (Å²) in [6.07, 6.45) is 27.6. The molecule has 3 nitrogen and oxygen atoms in total. The van der Waals surface area contributed by atoms with Crippen LogP contribution < -0.4 is 4.72 Å². The number of terminal acetylenes is 1. The highest BCUT2D eigenvalue weighted by molar-refractivity contribution is 7.98. The molecule has 1 aromatic carbocycles. The summed E-state index contributed by atoms with van der Waals surface area (Å²) >= 11 is 1.88. The normalized spacial score (nSPS) is 18.9. The third-order valence-electron chi connectivity index (χ3n) is 8.03. The van der Waals surface area contributed by atoms with Crippen LogP contribution in [0.15, 0.2) is 90.6 Å². The second kappa shape index (κ2) is 21.2. The molecule has 0 amide bonds. The van der Waals surface area contributed by atoms with Crippen molar-refractivity contribution in [2.75, 3.05) is 26.2 Å². The zero-order valence-corrected chi connectivity index (χ0v) is 28.1. The van der Waals surface area contributed by atoms with Crippen molar-refractivity contribution in [1.29, 1.82) is 0 Å². The molecule has 0 atom stereocenters. The van der Waals surface area contributed by atoms with Crippen molar-refractivity contribution in [2.24, 2.45) is 0 Å². The molecule has 2 N–H and O–H groups in total. The van der Waals surface area contributed by atoms with Crippen molar-refractivity contribution in [3.63, 3.8) is 0 Å². The van der Waals surface area contributed by atoms with Crippen molar-refractivity contribution in [3.05, 3.63) is 102 Å². The van der Waals surface area contributed by atoms with E-state index in [0.717, 1.165) is 30.7 Å². The van der Waals surface area contributed by atoms with Gasteiger partial charge in [-0.1, -0.05) is 72.7 Å². The Balaban J connectivity index is 0.00000121. The highest BCUT2D eigenvalue weighted by atomic mass is 32.2. The van der Waals surface area contributed by atoms with Crippen LogP contribution in [0.25, 0.3) is 5.57 Å². The van der Waals surface area contributed by atoms with Crippen molar-refractivity contribution >= 4 is 17.5 Å². The molecule has 0 aromatic heterocycles. The standard InChI is InChI=1S/C34H48N2OS.C3H4.C2H4/c1-4-9-26(5-2)33(11-8-25-37)34(27(6-3)10-7-22-35-38-32-18-19-32)30-14-12-28(13-15-30)29-20-23-36(24-21-29)31-16-17-31;1-3-2;1-2/h4-7,9-10,12-15,29,31-32,35,37H,8,11,16-25H2,1-3H3;1H,2H3;1-2H2/b9-4-,10-7-,26-5+,27-6+,34-33-;;. The number of nitrogens with zero attached hydrogens (tertiary/aromatic N) is 1. The van der Waals surface area contributed by atoms with Crippen LogP contribution in [0, 0.1) is 12.3 Å². The number of aliphatic hydroxyl groups is 1. The van der Waals surface area contributed by atoms with Gasteiger partial charge in [0.25, 0.3) is 0 Å². The zero-order chi connectivity index (χ0) is 31.5. The minimum atomic E-state index is 0.200. The fourth-order valence-corrected chi connectivity index (χ4v) is 6.40. The Labute approximate surface area is 268 Å². The molecule has 4 rings (SSSR count). The molecule has 0 unspecified atom stereocenters. The molecule has 1 aliphatic heterocycles. The van der Waals surface area contributed by atoms with E-state index in [2.05, 4.69) is 117 Å². The van der Waals surface area contributed by atoms with E-state index in [9.17, 15) is 5.11 Å². The van der Waals surface area contributed by atoms with E-state index in [1.54, 1.807) is 6.92 Å². The summed E-state index contributed by atoms with van der Waals surface area (Å²) in [5, 5.41) is 10.5. The number of benzene rings is 1. The highest BCUT2D eigenvalue weighted by Crippen LogP contribution is 2.38. The quantitative estimate of drug-likeness (QED) is 0.0733. The average molecular weight is 601 g/mol. The fraction of sp³-hybridized carbons (Fsp3) is 0.487. The molecule has 3 fully saturated rings. The second-order valence-electron chi connectivity index (χ2n) is 11.2. The molecule has 1 saturated heterocycles.